The average molecular weight is 304 g/mol. The first-order chi connectivity index (χ1) is 9.82. The topological polar surface area (TPSA) is 70.7 Å². The van der Waals surface area contributed by atoms with Crippen LogP contribution >= 0.6 is 11.8 Å². The first-order valence-corrected chi connectivity index (χ1v) is 7.59. The van der Waals surface area contributed by atoms with Crippen molar-refractivity contribution in [2.45, 2.75) is 50.0 Å². The fourth-order valence-electron chi connectivity index (χ4n) is 1.64. The van der Waals surface area contributed by atoms with Crippen molar-refractivity contribution in [2.75, 3.05) is 0 Å². The standard InChI is InChI=1S/C15H20N4OS/c1-10-7-12(20)19-14(18-10)21-13-6-5-11(8-16-13)9-17-15(2,3)4/h5-8,17H,9H2,1-4H3,(H,18,19,20). The normalized spacial score (nSPS) is 11.6. The third kappa shape index (κ3) is 5.32. The van der Waals surface area contributed by atoms with Gasteiger partial charge in [-0.25, -0.2) is 9.97 Å². The predicted molar refractivity (Wildman–Crippen MR) is 84.5 cm³/mol. The highest BCUT2D eigenvalue weighted by Crippen LogP contribution is 2.21. The molecule has 21 heavy (non-hydrogen) atoms. The molecule has 0 unspecified atom stereocenters. The monoisotopic (exact) mass is 304 g/mol. The maximum Gasteiger partial charge on any atom is 0.251 e. The number of hydrogen-bond acceptors (Lipinski definition) is 5. The number of pyridine rings is 1. The van der Waals surface area contributed by atoms with Crippen LogP contribution in [0.2, 0.25) is 0 Å². The van der Waals surface area contributed by atoms with Gasteiger partial charge < -0.3 is 10.3 Å². The van der Waals surface area contributed by atoms with E-state index in [0.29, 0.717) is 10.9 Å². The second-order valence-electron chi connectivity index (χ2n) is 5.90. The second kappa shape index (κ2) is 6.41. The Bertz CT molecular complexity index is 659. The fraction of sp³-hybridized carbons (Fsp3) is 0.400. The van der Waals surface area contributed by atoms with Crippen LogP contribution in [0.4, 0.5) is 0 Å². The lowest BCUT2D eigenvalue weighted by Gasteiger charge is -2.20. The van der Waals surface area contributed by atoms with Gasteiger partial charge in [0.15, 0.2) is 5.16 Å². The SMILES string of the molecule is Cc1cc(=O)[nH]c(Sc2ccc(CNC(C)(C)C)cn2)n1. The highest BCUT2D eigenvalue weighted by Gasteiger charge is 2.09. The third-order valence-corrected chi connectivity index (χ3v) is 3.51. The molecule has 0 radical (unpaired) electrons. The van der Waals surface area contributed by atoms with Gasteiger partial charge in [-0.2, -0.15) is 0 Å². The molecule has 6 heteroatoms. The van der Waals surface area contributed by atoms with Gasteiger partial charge in [0.25, 0.3) is 5.56 Å². The maximum atomic E-state index is 11.4. The summed E-state index contributed by atoms with van der Waals surface area (Å²) in [5, 5.41) is 4.79. The molecule has 2 aromatic rings. The minimum absolute atomic E-state index is 0.0817. The van der Waals surface area contributed by atoms with Crippen LogP contribution in [0.15, 0.2) is 39.4 Å². The van der Waals surface area contributed by atoms with Crippen LogP contribution in [0.3, 0.4) is 0 Å². The van der Waals surface area contributed by atoms with Crippen LogP contribution in [-0.2, 0) is 6.54 Å². The summed E-state index contributed by atoms with van der Waals surface area (Å²) in [6.45, 7) is 8.97. The Balaban J connectivity index is 2.03. The van der Waals surface area contributed by atoms with Gasteiger partial charge in [-0.1, -0.05) is 6.07 Å². The number of hydrogen-bond donors (Lipinski definition) is 2. The number of nitrogens with zero attached hydrogens (tertiary/aromatic N) is 2. The Morgan fingerprint density at radius 3 is 2.67 bits per heavy atom. The van der Waals surface area contributed by atoms with Gasteiger partial charge in [0.2, 0.25) is 0 Å². The molecule has 0 spiro atoms. The largest absolute Gasteiger partial charge is 0.308 e. The summed E-state index contributed by atoms with van der Waals surface area (Å²) >= 11 is 1.35. The van der Waals surface area contributed by atoms with Crippen LogP contribution < -0.4 is 10.9 Å². The van der Waals surface area contributed by atoms with Crippen LogP contribution in [0.5, 0.6) is 0 Å². The molecule has 5 nitrogen and oxygen atoms in total. The van der Waals surface area contributed by atoms with E-state index in [1.165, 1.54) is 17.8 Å². The summed E-state index contributed by atoms with van der Waals surface area (Å²) in [4.78, 5) is 22.8. The molecule has 0 aliphatic rings. The summed E-state index contributed by atoms with van der Waals surface area (Å²) in [7, 11) is 0. The van der Waals surface area contributed by atoms with Gasteiger partial charge in [-0.05, 0) is 51.1 Å². The van der Waals surface area contributed by atoms with E-state index in [2.05, 4.69) is 41.0 Å². The number of aromatic amines is 1. The zero-order valence-corrected chi connectivity index (χ0v) is 13.5. The van der Waals surface area contributed by atoms with Crippen molar-refractivity contribution in [3.8, 4) is 0 Å². The van der Waals surface area contributed by atoms with Crippen molar-refractivity contribution in [1.29, 1.82) is 0 Å². The van der Waals surface area contributed by atoms with Gasteiger partial charge in [0.05, 0.1) is 0 Å². The minimum atomic E-state index is -0.143. The zero-order valence-electron chi connectivity index (χ0n) is 12.7. The summed E-state index contributed by atoms with van der Waals surface area (Å²) < 4.78 is 0. The molecule has 2 rings (SSSR count). The van der Waals surface area contributed by atoms with Gasteiger partial charge in [0, 0.05) is 30.0 Å². The lowest BCUT2D eigenvalue weighted by Crippen LogP contribution is -2.35. The van der Waals surface area contributed by atoms with Crippen molar-refractivity contribution >= 4 is 11.8 Å². The van der Waals surface area contributed by atoms with E-state index < -0.39 is 0 Å². The summed E-state index contributed by atoms with van der Waals surface area (Å²) in [5.41, 5.74) is 1.77. The third-order valence-electron chi connectivity index (χ3n) is 2.67. The number of aryl methyl sites for hydroxylation is 1. The van der Waals surface area contributed by atoms with E-state index in [9.17, 15) is 4.79 Å². The Morgan fingerprint density at radius 2 is 2.10 bits per heavy atom. The van der Waals surface area contributed by atoms with Crippen LogP contribution in [0.25, 0.3) is 0 Å². The zero-order chi connectivity index (χ0) is 15.5. The van der Waals surface area contributed by atoms with E-state index in [1.807, 2.05) is 18.3 Å². The van der Waals surface area contributed by atoms with Crippen LogP contribution in [0, 0.1) is 6.92 Å². The van der Waals surface area contributed by atoms with Crippen molar-refractivity contribution in [2.24, 2.45) is 0 Å². The lowest BCUT2D eigenvalue weighted by molar-refractivity contribution is 0.424. The molecule has 0 saturated carbocycles. The molecule has 0 fully saturated rings. The summed E-state index contributed by atoms with van der Waals surface area (Å²) in [6, 6.07) is 5.44. The Labute approximate surface area is 128 Å². The number of rotatable bonds is 4. The van der Waals surface area contributed by atoms with E-state index in [1.54, 1.807) is 6.92 Å². The maximum absolute atomic E-state index is 11.4. The van der Waals surface area contributed by atoms with Crippen LogP contribution in [0.1, 0.15) is 32.0 Å². The van der Waals surface area contributed by atoms with E-state index >= 15 is 0 Å². The van der Waals surface area contributed by atoms with Gasteiger partial charge in [0.1, 0.15) is 5.03 Å². The van der Waals surface area contributed by atoms with Crippen LogP contribution in [-0.4, -0.2) is 20.5 Å². The first-order valence-electron chi connectivity index (χ1n) is 6.78. The van der Waals surface area contributed by atoms with Gasteiger partial charge in [-0.3, -0.25) is 4.79 Å². The predicted octanol–water partition coefficient (Wildman–Crippen LogP) is 2.51. The Kier molecular flexibility index (Phi) is 4.80. The molecule has 0 atom stereocenters. The van der Waals surface area contributed by atoms with Crippen molar-refractivity contribution in [3.05, 3.63) is 46.0 Å². The molecule has 0 aromatic carbocycles. The van der Waals surface area contributed by atoms with E-state index in [-0.39, 0.29) is 11.1 Å². The molecule has 0 aliphatic carbocycles. The van der Waals surface area contributed by atoms with Crippen molar-refractivity contribution in [3.63, 3.8) is 0 Å². The highest BCUT2D eigenvalue weighted by atomic mass is 32.2. The molecule has 0 saturated heterocycles. The molecule has 2 heterocycles. The van der Waals surface area contributed by atoms with Crippen molar-refractivity contribution < 1.29 is 0 Å². The quantitative estimate of drug-likeness (QED) is 0.849. The molecular weight excluding hydrogens is 284 g/mol. The number of aromatic nitrogens is 3. The molecule has 112 valence electrons. The molecule has 0 aliphatic heterocycles. The summed E-state index contributed by atoms with van der Waals surface area (Å²) in [5.74, 6) is 0. The van der Waals surface area contributed by atoms with E-state index in [4.69, 9.17) is 0 Å². The lowest BCUT2D eigenvalue weighted by atomic mass is 10.1. The molecular formula is C15H20N4OS. The second-order valence-corrected chi connectivity index (χ2v) is 6.91. The number of nitrogens with one attached hydrogen (secondary N) is 2. The fourth-order valence-corrected chi connectivity index (χ4v) is 2.42. The smallest absolute Gasteiger partial charge is 0.251 e. The average Bonchev–Trinajstić information content (AvgIpc) is 2.36. The van der Waals surface area contributed by atoms with E-state index in [0.717, 1.165) is 17.1 Å². The molecule has 0 amide bonds. The molecule has 0 bridgehead atoms. The number of H-pyrrole nitrogens is 1. The summed E-state index contributed by atoms with van der Waals surface area (Å²) in [6.07, 6.45) is 1.84. The van der Waals surface area contributed by atoms with Gasteiger partial charge in [-0.15, -0.1) is 0 Å². The van der Waals surface area contributed by atoms with Crippen molar-refractivity contribution in [1.82, 2.24) is 20.3 Å². The Hall–Kier alpha value is -1.66. The minimum Gasteiger partial charge on any atom is -0.308 e. The Morgan fingerprint density at radius 1 is 1.33 bits per heavy atom. The highest BCUT2D eigenvalue weighted by molar-refractivity contribution is 7.99. The van der Waals surface area contributed by atoms with Gasteiger partial charge >= 0.3 is 0 Å². The first kappa shape index (κ1) is 15.7. The molecule has 2 aromatic heterocycles. The molecule has 2 N–H and O–H groups in total.